The first-order valence-corrected chi connectivity index (χ1v) is 9.73. The summed E-state index contributed by atoms with van der Waals surface area (Å²) >= 11 is 5.72. The predicted molar refractivity (Wildman–Crippen MR) is 96.2 cm³/mol. The standard InChI is InChI=1S/C16H15ClFN3O5S/c17-13-10-12(2-3-14(13)18)26-15-4-1-11(21(22)23)9-16(15)27(24,25)20-7-5-19-6-8-20/h1-4,9-10,19H,5-8H2. The van der Waals surface area contributed by atoms with E-state index in [1.807, 2.05) is 0 Å². The van der Waals surface area contributed by atoms with Gasteiger partial charge >= 0.3 is 0 Å². The van der Waals surface area contributed by atoms with Gasteiger partial charge in [-0.05, 0) is 18.2 Å². The van der Waals surface area contributed by atoms with E-state index in [1.54, 1.807) is 0 Å². The number of ether oxygens (including phenoxy) is 1. The minimum Gasteiger partial charge on any atom is -0.456 e. The summed E-state index contributed by atoms with van der Waals surface area (Å²) in [7, 11) is -4.03. The molecule has 0 saturated carbocycles. The maximum atomic E-state index is 13.3. The summed E-state index contributed by atoms with van der Waals surface area (Å²) in [6.45, 7) is 1.40. The molecule has 11 heteroatoms. The van der Waals surface area contributed by atoms with Crippen molar-refractivity contribution in [3.63, 3.8) is 0 Å². The van der Waals surface area contributed by atoms with Gasteiger partial charge in [0.15, 0.2) is 0 Å². The van der Waals surface area contributed by atoms with Crippen molar-refractivity contribution in [3.8, 4) is 11.5 Å². The van der Waals surface area contributed by atoms with Crippen molar-refractivity contribution in [1.29, 1.82) is 0 Å². The van der Waals surface area contributed by atoms with Crippen LogP contribution in [0.3, 0.4) is 0 Å². The topological polar surface area (TPSA) is 102 Å². The summed E-state index contributed by atoms with van der Waals surface area (Å²) in [5, 5.41) is 13.9. The summed E-state index contributed by atoms with van der Waals surface area (Å²) < 4.78 is 46.1. The van der Waals surface area contributed by atoms with Crippen LogP contribution in [0.1, 0.15) is 0 Å². The van der Waals surface area contributed by atoms with Crippen molar-refractivity contribution in [2.75, 3.05) is 26.2 Å². The van der Waals surface area contributed by atoms with E-state index in [0.29, 0.717) is 13.1 Å². The molecule has 2 aromatic carbocycles. The second-order valence-corrected chi connectivity index (χ2v) is 8.03. The molecule has 0 aromatic heterocycles. The number of hydrogen-bond acceptors (Lipinski definition) is 6. The maximum absolute atomic E-state index is 13.3. The molecule has 1 N–H and O–H groups in total. The fourth-order valence-electron chi connectivity index (χ4n) is 2.59. The Bertz CT molecular complexity index is 980. The Morgan fingerprint density at radius 3 is 2.52 bits per heavy atom. The zero-order valence-corrected chi connectivity index (χ0v) is 15.5. The van der Waals surface area contributed by atoms with Crippen LogP contribution in [0, 0.1) is 15.9 Å². The average molecular weight is 416 g/mol. The molecule has 1 heterocycles. The van der Waals surface area contributed by atoms with Gasteiger partial charge in [-0.15, -0.1) is 0 Å². The minimum absolute atomic E-state index is 0.104. The van der Waals surface area contributed by atoms with Crippen molar-refractivity contribution >= 4 is 27.3 Å². The van der Waals surface area contributed by atoms with Crippen LogP contribution in [-0.4, -0.2) is 43.8 Å². The second kappa shape index (κ2) is 7.77. The highest BCUT2D eigenvalue weighted by Crippen LogP contribution is 2.35. The largest absolute Gasteiger partial charge is 0.456 e. The number of rotatable bonds is 5. The van der Waals surface area contributed by atoms with E-state index in [-0.39, 0.29) is 40.2 Å². The summed E-state index contributed by atoms with van der Waals surface area (Å²) in [6.07, 6.45) is 0. The molecule has 1 fully saturated rings. The van der Waals surface area contributed by atoms with Gasteiger partial charge in [-0.1, -0.05) is 11.6 Å². The number of halogens is 2. The number of nitro benzene ring substituents is 1. The SMILES string of the molecule is O=[N+]([O-])c1ccc(Oc2ccc(F)c(Cl)c2)c(S(=O)(=O)N2CCNCC2)c1. The highest BCUT2D eigenvalue weighted by atomic mass is 35.5. The molecule has 1 aliphatic heterocycles. The van der Waals surface area contributed by atoms with Crippen LogP contribution in [0.2, 0.25) is 5.02 Å². The van der Waals surface area contributed by atoms with Crippen molar-refractivity contribution in [2.24, 2.45) is 0 Å². The Kier molecular flexibility index (Phi) is 5.61. The second-order valence-electron chi connectivity index (χ2n) is 5.72. The normalized spacial score (nSPS) is 15.5. The fourth-order valence-corrected chi connectivity index (χ4v) is 4.33. The lowest BCUT2D eigenvalue weighted by molar-refractivity contribution is -0.385. The van der Waals surface area contributed by atoms with E-state index in [2.05, 4.69) is 5.32 Å². The maximum Gasteiger partial charge on any atom is 0.271 e. The number of hydrogen-bond donors (Lipinski definition) is 1. The van der Waals surface area contributed by atoms with Gasteiger partial charge in [0.1, 0.15) is 22.2 Å². The molecule has 0 bridgehead atoms. The summed E-state index contributed by atoms with van der Waals surface area (Å²) in [5.41, 5.74) is -0.381. The molecule has 0 unspecified atom stereocenters. The van der Waals surface area contributed by atoms with Crippen LogP contribution in [0.5, 0.6) is 11.5 Å². The van der Waals surface area contributed by atoms with Crippen LogP contribution >= 0.6 is 11.6 Å². The molecule has 0 spiro atoms. The first-order valence-electron chi connectivity index (χ1n) is 7.91. The zero-order valence-electron chi connectivity index (χ0n) is 13.9. The van der Waals surface area contributed by atoms with Crippen LogP contribution < -0.4 is 10.1 Å². The molecule has 0 radical (unpaired) electrons. The Labute approximate surface area is 159 Å². The molecule has 0 amide bonds. The lowest BCUT2D eigenvalue weighted by atomic mass is 10.3. The number of nitrogens with one attached hydrogen (secondary N) is 1. The van der Waals surface area contributed by atoms with Crippen LogP contribution in [0.15, 0.2) is 41.3 Å². The highest BCUT2D eigenvalue weighted by Gasteiger charge is 2.31. The molecule has 1 aliphatic rings. The summed E-state index contributed by atoms with van der Waals surface area (Å²) in [5.74, 6) is -0.657. The Hall–Kier alpha value is -2.27. The van der Waals surface area contributed by atoms with Gasteiger partial charge in [0.2, 0.25) is 10.0 Å². The smallest absolute Gasteiger partial charge is 0.271 e. The van der Waals surface area contributed by atoms with Crippen LogP contribution in [0.4, 0.5) is 10.1 Å². The average Bonchev–Trinajstić information content (AvgIpc) is 2.65. The monoisotopic (exact) mass is 415 g/mol. The van der Waals surface area contributed by atoms with Gasteiger partial charge in [0.25, 0.3) is 5.69 Å². The summed E-state index contributed by atoms with van der Waals surface area (Å²) in [4.78, 5) is 10.1. The number of nitrogens with zero attached hydrogens (tertiary/aromatic N) is 2. The van der Waals surface area contributed by atoms with Gasteiger partial charge in [-0.2, -0.15) is 4.31 Å². The first-order chi connectivity index (χ1) is 12.8. The zero-order chi connectivity index (χ0) is 19.6. The van der Waals surface area contributed by atoms with E-state index < -0.39 is 20.8 Å². The van der Waals surface area contributed by atoms with Crippen LogP contribution in [0.25, 0.3) is 0 Å². The van der Waals surface area contributed by atoms with Crippen molar-refractivity contribution in [3.05, 3.63) is 57.4 Å². The molecule has 2 aromatic rings. The number of benzene rings is 2. The minimum atomic E-state index is -4.03. The van der Waals surface area contributed by atoms with Gasteiger partial charge in [-0.3, -0.25) is 10.1 Å². The van der Waals surface area contributed by atoms with Gasteiger partial charge < -0.3 is 10.1 Å². The van der Waals surface area contributed by atoms with Crippen LogP contribution in [-0.2, 0) is 10.0 Å². The third kappa shape index (κ3) is 4.19. The van der Waals surface area contributed by atoms with Gasteiger partial charge in [0.05, 0.1) is 9.95 Å². The van der Waals surface area contributed by atoms with Gasteiger partial charge in [0, 0.05) is 44.4 Å². The molecule has 3 rings (SSSR count). The van der Waals surface area contributed by atoms with E-state index in [4.69, 9.17) is 16.3 Å². The number of sulfonamides is 1. The Morgan fingerprint density at radius 2 is 1.89 bits per heavy atom. The van der Waals surface area contributed by atoms with E-state index >= 15 is 0 Å². The molecular formula is C16H15ClFN3O5S. The number of nitro groups is 1. The molecule has 8 nitrogen and oxygen atoms in total. The van der Waals surface area contributed by atoms with E-state index in [9.17, 15) is 22.9 Å². The third-order valence-corrected chi connectivity index (χ3v) is 6.16. The summed E-state index contributed by atoms with van der Waals surface area (Å²) in [6, 6.07) is 6.84. The first kappa shape index (κ1) is 19.5. The van der Waals surface area contributed by atoms with Crippen molar-refractivity contribution < 1.29 is 22.5 Å². The highest BCUT2D eigenvalue weighted by molar-refractivity contribution is 7.89. The molecule has 144 valence electrons. The number of piperazine rings is 1. The van der Waals surface area contributed by atoms with Crippen molar-refractivity contribution in [1.82, 2.24) is 9.62 Å². The number of non-ortho nitro benzene ring substituents is 1. The molecular weight excluding hydrogens is 401 g/mol. The molecule has 0 aliphatic carbocycles. The van der Waals surface area contributed by atoms with E-state index in [1.165, 1.54) is 22.5 Å². The quantitative estimate of drug-likeness (QED) is 0.595. The fraction of sp³-hybridized carbons (Fsp3) is 0.250. The van der Waals surface area contributed by atoms with Crippen molar-refractivity contribution in [2.45, 2.75) is 4.90 Å². The third-order valence-electron chi connectivity index (χ3n) is 3.95. The Morgan fingerprint density at radius 1 is 1.19 bits per heavy atom. The predicted octanol–water partition coefficient (Wildman–Crippen LogP) is 2.77. The molecule has 0 atom stereocenters. The molecule has 1 saturated heterocycles. The Balaban J connectivity index is 2.05. The molecule has 27 heavy (non-hydrogen) atoms. The lowest BCUT2D eigenvalue weighted by Crippen LogP contribution is -2.46. The van der Waals surface area contributed by atoms with E-state index in [0.717, 1.165) is 18.2 Å². The lowest BCUT2D eigenvalue weighted by Gasteiger charge is -2.27. The van der Waals surface area contributed by atoms with Gasteiger partial charge in [-0.25, -0.2) is 12.8 Å².